The lowest BCUT2D eigenvalue weighted by Gasteiger charge is -2.35. The molecular formula is C28H38FN4O2PS. The van der Waals surface area contributed by atoms with Gasteiger partial charge in [0.1, 0.15) is 17.9 Å². The fourth-order valence-corrected chi connectivity index (χ4v) is 8.56. The number of benzene rings is 1. The number of halogens is 1. The zero-order chi connectivity index (χ0) is 27.2. The number of nitrogens with zero attached hydrogens (tertiary/aromatic N) is 4. The number of rotatable bonds is 6. The molecule has 3 aromatic rings. The van der Waals surface area contributed by atoms with Crippen molar-refractivity contribution in [1.82, 2.24) is 14.5 Å². The number of pyridine rings is 1. The molecule has 1 aromatic carbocycles. The molecule has 2 aromatic heterocycles. The number of hydrogen-bond donors (Lipinski definition) is 0. The Morgan fingerprint density at radius 2 is 1.95 bits per heavy atom. The SMILES string of the molecule is CCN=S1(=O)CCC(C)(c2cc3c(CC(C)(C)c4cccc(C(F)P)c4C)ncnc3n(C)c2=O)CC1. The third-order valence-electron chi connectivity index (χ3n) is 8.06. The van der Waals surface area contributed by atoms with Crippen LogP contribution in [0.1, 0.15) is 74.4 Å². The highest BCUT2D eigenvalue weighted by Crippen LogP contribution is 2.38. The molecule has 1 aliphatic heterocycles. The number of fused-ring (bicyclic) bond motifs is 1. The van der Waals surface area contributed by atoms with Crippen LogP contribution in [-0.2, 0) is 34.0 Å². The van der Waals surface area contributed by atoms with Crippen LogP contribution in [0.25, 0.3) is 11.0 Å². The Morgan fingerprint density at radius 1 is 1.27 bits per heavy atom. The van der Waals surface area contributed by atoms with Crippen LogP contribution in [0.2, 0.25) is 0 Å². The van der Waals surface area contributed by atoms with Crippen LogP contribution >= 0.6 is 9.24 Å². The molecule has 0 spiro atoms. The highest BCUT2D eigenvalue weighted by atomic mass is 32.2. The molecule has 0 N–H and O–H groups in total. The molecule has 37 heavy (non-hydrogen) atoms. The molecule has 2 unspecified atom stereocenters. The Kier molecular flexibility index (Phi) is 7.66. The van der Waals surface area contributed by atoms with E-state index in [-0.39, 0.29) is 11.0 Å². The van der Waals surface area contributed by atoms with Gasteiger partial charge in [-0.25, -0.2) is 22.9 Å². The van der Waals surface area contributed by atoms with E-state index in [4.69, 9.17) is 0 Å². The van der Waals surface area contributed by atoms with Gasteiger partial charge in [0.2, 0.25) is 0 Å². The second-order valence-corrected chi connectivity index (χ2v) is 14.4. The monoisotopic (exact) mass is 544 g/mol. The van der Waals surface area contributed by atoms with Crippen LogP contribution in [-0.4, -0.2) is 36.8 Å². The van der Waals surface area contributed by atoms with Gasteiger partial charge in [0.15, 0.2) is 0 Å². The second kappa shape index (κ2) is 10.2. The van der Waals surface area contributed by atoms with Gasteiger partial charge in [0.25, 0.3) is 5.56 Å². The van der Waals surface area contributed by atoms with Gasteiger partial charge in [-0.15, -0.1) is 0 Å². The van der Waals surface area contributed by atoms with Crippen LogP contribution in [0, 0.1) is 6.92 Å². The molecule has 9 heteroatoms. The van der Waals surface area contributed by atoms with Gasteiger partial charge in [0.05, 0.1) is 5.69 Å². The number of hydrogen-bond acceptors (Lipinski definition) is 5. The minimum absolute atomic E-state index is 0.0716. The van der Waals surface area contributed by atoms with Crippen molar-refractivity contribution in [2.45, 2.75) is 70.6 Å². The van der Waals surface area contributed by atoms with E-state index in [1.54, 1.807) is 11.6 Å². The van der Waals surface area contributed by atoms with Crippen molar-refractivity contribution < 1.29 is 8.60 Å². The third-order valence-corrected chi connectivity index (χ3v) is 10.8. The van der Waals surface area contributed by atoms with Gasteiger partial charge in [0, 0.05) is 45.8 Å². The van der Waals surface area contributed by atoms with Gasteiger partial charge in [-0.2, -0.15) is 0 Å². The first-order chi connectivity index (χ1) is 17.3. The summed E-state index contributed by atoms with van der Waals surface area (Å²) in [5.74, 6) is -0.112. The zero-order valence-corrected chi connectivity index (χ0v) is 24.6. The topological polar surface area (TPSA) is 77.2 Å². The number of aromatic nitrogens is 3. The number of alkyl halides is 1. The highest BCUT2D eigenvalue weighted by Gasteiger charge is 2.37. The average Bonchev–Trinajstić information content (AvgIpc) is 2.83. The molecular weight excluding hydrogens is 506 g/mol. The predicted octanol–water partition coefficient (Wildman–Crippen LogP) is 5.54. The summed E-state index contributed by atoms with van der Waals surface area (Å²) in [5.41, 5.74) is 4.05. The van der Waals surface area contributed by atoms with Crippen molar-refractivity contribution in [1.29, 1.82) is 0 Å². The Balaban J connectivity index is 1.80. The van der Waals surface area contributed by atoms with E-state index in [0.29, 0.717) is 48.5 Å². The molecule has 4 rings (SSSR count). The van der Waals surface area contributed by atoms with Crippen LogP contribution in [0.15, 0.2) is 39.8 Å². The van der Waals surface area contributed by atoms with Gasteiger partial charge < -0.3 is 0 Å². The molecule has 0 radical (unpaired) electrons. The first kappa shape index (κ1) is 27.8. The largest absolute Gasteiger partial charge is 0.295 e. The Hall–Kier alpha value is -2.18. The molecule has 3 heterocycles. The smallest absolute Gasteiger partial charge is 0.255 e. The van der Waals surface area contributed by atoms with Crippen molar-refractivity contribution in [2.75, 3.05) is 18.1 Å². The molecule has 200 valence electrons. The second-order valence-electron chi connectivity index (χ2n) is 11.1. The molecule has 1 aliphatic rings. The molecule has 6 nitrogen and oxygen atoms in total. The molecule has 0 bridgehead atoms. The van der Waals surface area contributed by atoms with Gasteiger partial charge >= 0.3 is 0 Å². The lowest BCUT2D eigenvalue weighted by molar-refractivity contribution is 0.421. The maximum Gasteiger partial charge on any atom is 0.255 e. The fourth-order valence-electron chi connectivity index (χ4n) is 5.72. The van der Waals surface area contributed by atoms with Crippen molar-refractivity contribution in [3.8, 4) is 0 Å². The van der Waals surface area contributed by atoms with Crippen LogP contribution < -0.4 is 5.56 Å². The summed E-state index contributed by atoms with van der Waals surface area (Å²) in [7, 11) is 1.79. The minimum Gasteiger partial charge on any atom is -0.295 e. The summed E-state index contributed by atoms with van der Waals surface area (Å²) < 4.78 is 33.2. The molecule has 1 saturated heterocycles. The Morgan fingerprint density at radius 3 is 2.57 bits per heavy atom. The quantitative estimate of drug-likeness (QED) is 0.382. The van der Waals surface area contributed by atoms with E-state index in [1.165, 1.54) is 6.33 Å². The highest BCUT2D eigenvalue weighted by molar-refractivity contribution is 7.93. The van der Waals surface area contributed by atoms with Gasteiger partial charge in [-0.3, -0.25) is 9.36 Å². The Bertz CT molecular complexity index is 1510. The Labute approximate surface area is 221 Å². The first-order valence-electron chi connectivity index (χ1n) is 12.8. The van der Waals surface area contributed by atoms with Crippen molar-refractivity contribution in [2.24, 2.45) is 11.4 Å². The lowest BCUT2D eigenvalue weighted by atomic mass is 9.76. The van der Waals surface area contributed by atoms with Gasteiger partial charge in [-0.1, -0.05) is 48.2 Å². The summed E-state index contributed by atoms with van der Waals surface area (Å²) >= 11 is 0. The molecule has 0 aliphatic carbocycles. The zero-order valence-electron chi connectivity index (χ0n) is 22.7. The third kappa shape index (κ3) is 5.24. The van der Waals surface area contributed by atoms with E-state index in [9.17, 15) is 13.4 Å². The summed E-state index contributed by atoms with van der Waals surface area (Å²) in [6.07, 6.45) is 3.41. The van der Waals surface area contributed by atoms with Crippen LogP contribution in [0.3, 0.4) is 0 Å². The minimum atomic E-state index is -2.20. The summed E-state index contributed by atoms with van der Waals surface area (Å²) in [4.78, 5) is 22.6. The fraction of sp³-hybridized carbons (Fsp3) is 0.536. The summed E-state index contributed by atoms with van der Waals surface area (Å²) in [6, 6.07) is 7.75. The molecule has 0 saturated carbocycles. The lowest BCUT2D eigenvalue weighted by Crippen LogP contribution is -2.40. The molecule has 1 fully saturated rings. The standard InChI is InChI=1S/C28H38FN4O2PS/c1-7-32-37(35)13-11-28(5,12-14-37)22-15-20-23(30-17-31-25(20)33(6)26(22)34)16-27(3,4)21-10-8-9-19(18(21)2)24(29)36/h8-10,15,17,24H,7,11-14,16,36H2,1-6H3. The number of aryl methyl sites for hydroxylation is 1. The predicted molar refractivity (Wildman–Crippen MR) is 154 cm³/mol. The van der Waals surface area contributed by atoms with E-state index < -0.39 is 21.1 Å². The van der Waals surface area contributed by atoms with Crippen molar-refractivity contribution in [3.63, 3.8) is 0 Å². The maximum atomic E-state index is 14.2. The summed E-state index contributed by atoms with van der Waals surface area (Å²) in [6.45, 7) is 10.8. The average molecular weight is 545 g/mol. The maximum absolute atomic E-state index is 14.2. The van der Waals surface area contributed by atoms with E-state index in [1.807, 2.05) is 32.0 Å². The van der Waals surface area contributed by atoms with E-state index >= 15 is 0 Å². The van der Waals surface area contributed by atoms with Crippen molar-refractivity contribution >= 4 is 30.0 Å². The molecule has 2 atom stereocenters. The van der Waals surface area contributed by atoms with Crippen molar-refractivity contribution in [3.05, 3.63) is 68.9 Å². The molecule has 0 amide bonds. The summed E-state index contributed by atoms with van der Waals surface area (Å²) in [5, 5.41) is 0.849. The van der Waals surface area contributed by atoms with Crippen LogP contribution in [0.4, 0.5) is 4.39 Å². The van der Waals surface area contributed by atoms with Gasteiger partial charge in [-0.05, 0) is 66.7 Å². The van der Waals surface area contributed by atoms with E-state index in [2.05, 4.69) is 50.4 Å². The van der Waals surface area contributed by atoms with Crippen LogP contribution in [0.5, 0.6) is 0 Å². The normalized spacial score (nSPS) is 23.2. The first-order valence-corrected chi connectivity index (χ1v) is 15.4. The van der Waals surface area contributed by atoms with E-state index in [0.717, 1.165) is 27.8 Å².